The van der Waals surface area contributed by atoms with Crippen molar-refractivity contribution in [2.45, 2.75) is 9.88 Å². The van der Waals surface area contributed by atoms with Gasteiger partial charge in [-0.05, 0) is 0 Å². The predicted octanol–water partition coefficient (Wildman–Crippen LogP) is 1.99. The molecule has 0 heterocycles. The Balaban J connectivity index is 4.56. The first-order chi connectivity index (χ1) is 9.78. The fourth-order valence-corrected chi connectivity index (χ4v) is 46.0. The molecule has 0 bridgehead atoms. The second kappa shape index (κ2) is 10.5. The summed E-state index contributed by atoms with van der Waals surface area (Å²) in [6.45, 7) is 0. The molecule has 0 saturated carbocycles. The van der Waals surface area contributed by atoms with Crippen molar-refractivity contribution in [3.05, 3.63) is 0 Å². The van der Waals surface area contributed by atoms with Crippen LogP contribution in [0, 0.1) is 0 Å². The van der Waals surface area contributed by atoms with E-state index in [1.165, 1.54) is 0 Å². The molecule has 0 saturated heterocycles. The zero-order chi connectivity index (χ0) is 16.6. The van der Waals surface area contributed by atoms with Crippen molar-refractivity contribution in [2.75, 3.05) is 53.4 Å². The molecule has 21 heavy (non-hydrogen) atoms. The van der Waals surface area contributed by atoms with Gasteiger partial charge in [-0.3, -0.25) is 0 Å². The summed E-state index contributed by atoms with van der Waals surface area (Å²) in [7, 11) is 8.76. The van der Waals surface area contributed by atoms with Crippen LogP contribution in [0.2, 0.25) is 9.88 Å². The molecule has 0 amide bonds. The Hall–Kier alpha value is 1.69. The van der Waals surface area contributed by atoms with E-state index in [0.717, 1.165) is 10.8 Å². The van der Waals surface area contributed by atoms with Gasteiger partial charge in [0.2, 0.25) is 0 Å². The topological polar surface area (TPSA) is 55.4 Å². The average Bonchev–Trinajstić information content (AvgIpc) is 2.51. The summed E-state index contributed by atoms with van der Waals surface area (Å²) in [6, 6.07) is 0. The van der Waals surface area contributed by atoms with Crippen molar-refractivity contribution in [1.82, 2.24) is 0 Å². The molecule has 11 heteroatoms. The molecule has 0 aromatic carbocycles. The number of rotatable bonds is 12. The summed E-state index contributed by atoms with van der Waals surface area (Å²) < 4.78 is 32.8. The Kier molecular flexibility index (Phi) is 11.4. The molecule has 0 atom stereocenters. The summed E-state index contributed by atoms with van der Waals surface area (Å²) in [5.74, 6) is 0. The molecule has 128 valence electrons. The molecule has 0 aliphatic rings. The van der Waals surface area contributed by atoms with E-state index in [4.69, 9.17) is 26.6 Å². The molecule has 0 unspecified atom stereocenters. The molecule has 0 aliphatic carbocycles. The van der Waals surface area contributed by atoms with Crippen molar-refractivity contribution >= 4 is 51.1 Å². The quantitative estimate of drug-likeness (QED) is 0.391. The molecule has 0 aromatic heterocycles. The third-order valence-electron chi connectivity index (χ3n) is 3.06. The van der Waals surface area contributed by atoms with E-state index >= 15 is 0 Å². The Labute approximate surface area is 140 Å². The monoisotopic (exact) mass is 484 g/mol. The van der Waals surface area contributed by atoms with Crippen molar-refractivity contribution in [2.24, 2.45) is 0 Å². The van der Waals surface area contributed by atoms with E-state index in [2.05, 4.69) is 9.88 Å². The van der Waals surface area contributed by atoms with Gasteiger partial charge in [0.05, 0.1) is 0 Å². The summed E-state index contributed by atoms with van der Waals surface area (Å²) >= 11 is -2.38. The molecular weight excluding hydrogens is 455 g/mol. The molecule has 0 aliphatic heterocycles. The van der Waals surface area contributed by atoms with E-state index in [1.807, 2.05) is 17.9 Å². The fourth-order valence-electron chi connectivity index (χ4n) is 1.42. The third-order valence-corrected chi connectivity index (χ3v) is 36.2. The Morgan fingerprint density at radius 2 is 0.857 bits per heavy atom. The van der Waals surface area contributed by atoms with Crippen LogP contribution in [0.3, 0.4) is 0 Å². The van der Waals surface area contributed by atoms with Crippen molar-refractivity contribution in [3.8, 4) is 0 Å². The van der Waals surface area contributed by atoms with Crippen LogP contribution in [0.1, 0.15) is 0 Å². The van der Waals surface area contributed by atoms with Gasteiger partial charge in [-0.25, -0.2) is 0 Å². The maximum atomic E-state index is 5.47. The van der Waals surface area contributed by atoms with Crippen LogP contribution >= 0.6 is 17.9 Å². The summed E-state index contributed by atoms with van der Waals surface area (Å²) in [5, 5.41) is 1.54. The SMILES string of the molecule is CO[Si](C[S][Sn]([CH3])([CH3])[S]C[Si](OC)(OC)OC)(OC)OC. The van der Waals surface area contributed by atoms with E-state index in [1.54, 1.807) is 42.7 Å². The van der Waals surface area contributed by atoms with Crippen LogP contribution in [-0.4, -0.2) is 86.6 Å². The second-order valence-corrected chi connectivity index (χ2v) is 41.0. The van der Waals surface area contributed by atoms with Gasteiger partial charge < -0.3 is 0 Å². The molecule has 0 aromatic rings. The van der Waals surface area contributed by atoms with Crippen LogP contribution < -0.4 is 0 Å². The minimum atomic E-state index is -2.51. The first kappa shape index (κ1) is 22.7. The molecule has 6 nitrogen and oxygen atoms in total. The van der Waals surface area contributed by atoms with Crippen LogP contribution in [0.5, 0.6) is 0 Å². The Bertz CT molecular complexity index is 250. The fraction of sp³-hybridized carbons (Fsp3) is 1.00. The van der Waals surface area contributed by atoms with E-state index < -0.39 is 33.2 Å². The predicted molar refractivity (Wildman–Crippen MR) is 96.0 cm³/mol. The molecule has 0 radical (unpaired) electrons. The van der Waals surface area contributed by atoms with Crippen LogP contribution in [-0.2, 0) is 26.6 Å². The van der Waals surface area contributed by atoms with Gasteiger partial charge >= 0.3 is 141 Å². The van der Waals surface area contributed by atoms with Gasteiger partial charge in [0.1, 0.15) is 0 Å². The second-order valence-electron chi connectivity index (χ2n) is 4.57. The van der Waals surface area contributed by atoms with E-state index in [-0.39, 0.29) is 0 Å². The van der Waals surface area contributed by atoms with Crippen molar-refractivity contribution in [3.63, 3.8) is 0 Å². The summed E-state index contributed by atoms with van der Waals surface area (Å²) in [6.07, 6.45) is 0. The molecule has 0 spiro atoms. The molecule has 0 rings (SSSR count). The van der Waals surface area contributed by atoms with Crippen LogP contribution in [0.4, 0.5) is 0 Å². The maximum absolute atomic E-state index is 5.47. The third kappa shape index (κ3) is 7.41. The first-order valence-corrected chi connectivity index (χ1v) is 24.9. The van der Waals surface area contributed by atoms with Gasteiger partial charge in [-0.1, -0.05) is 0 Å². The molecule has 0 fully saturated rings. The molecular formula is C10H28O6S2Si2Sn. The van der Waals surface area contributed by atoms with Gasteiger partial charge in [-0.15, -0.1) is 0 Å². The van der Waals surface area contributed by atoms with Crippen molar-refractivity contribution < 1.29 is 26.6 Å². The first-order valence-electron chi connectivity index (χ1n) is 6.37. The zero-order valence-corrected chi connectivity index (χ0v) is 20.7. The minimum absolute atomic E-state index is 0.772. The van der Waals surface area contributed by atoms with Crippen LogP contribution in [0.25, 0.3) is 0 Å². The Morgan fingerprint density at radius 3 is 1.05 bits per heavy atom. The van der Waals surface area contributed by atoms with Gasteiger partial charge in [0.15, 0.2) is 0 Å². The van der Waals surface area contributed by atoms with Gasteiger partial charge in [0.25, 0.3) is 0 Å². The van der Waals surface area contributed by atoms with E-state index in [9.17, 15) is 0 Å². The summed E-state index contributed by atoms with van der Waals surface area (Å²) in [4.78, 5) is 4.70. The summed E-state index contributed by atoms with van der Waals surface area (Å²) in [5.41, 5.74) is 0. The van der Waals surface area contributed by atoms with Gasteiger partial charge in [0, 0.05) is 0 Å². The van der Waals surface area contributed by atoms with E-state index in [0.29, 0.717) is 0 Å². The van der Waals surface area contributed by atoms with Gasteiger partial charge in [-0.2, -0.15) is 0 Å². The average molecular weight is 483 g/mol. The van der Waals surface area contributed by atoms with Crippen molar-refractivity contribution in [1.29, 1.82) is 0 Å². The Morgan fingerprint density at radius 1 is 0.619 bits per heavy atom. The van der Waals surface area contributed by atoms with Crippen LogP contribution in [0.15, 0.2) is 0 Å². The number of hydrogen-bond acceptors (Lipinski definition) is 8. The molecule has 0 N–H and O–H groups in total. The number of hydrogen-bond donors (Lipinski definition) is 0. The zero-order valence-electron chi connectivity index (χ0n) is 14.2. The standard InChI is InChI=1S/2C4H12O3SSi.2CH3.Sn/c2*1-5-9(4-8,6-2)7-3;;;/h2*8H,4H2,1-3H3;2*1H3;/q;;;;+2/p-2. The normalized spacial score (nSPS) is 13.7.